The highest BCUT2D eigenvalue weighted by molar-refractivity contribution is 6.31. The molecule has 1 aliphatic rings. The largest absolute Gasteiger partial charge is 0.384 e. The Bertz CT molecular complexity index is 887. The topological polar surface area (TPSA) is 50.1 Å². The van der Waals surface area contributed by atoms with Gasteiger partial charge in [-0.2, -0.15) is 0 Å². The monoisotopic (exact) mass is 357 g/mol. The third-order valence-electron chi connectivity index (χ3n) is 4.86. The van der Waals surface area contributed by atoms with Gasteiger partial charge in [0.05, 0.1) is 6.54 Å². The molecule has 132 valence electrons. The summed E-state index contributed by atoms with van der Waals surface area (Å²) in [7, 11) is 0. The lowest BCUT2D eigenvalue weighted by Crippen LogP contribution is -2.31. The van der Waals surface area contributed by atoms with E-state index in [1.165, 1.54) is 16.6 Å². The molecule has 4 rings (SSSR count). The van der Waals surface area contributed by atoms with E-state index in [0.29, 0.717) is 6.54 Å². The molecule has 0 bridgehead atoms. The minimum Gasteiger partial charge on any atom is -0.384 e. The molecule has 0 saturated heterocycles. The van der Waals surface area contributed by atoms with E-state index in [1.54, 1.807) is 12.4 Å². The van der Waals surface area contributed by atoms with Gasteiger partial charge in [-0.25, -0.2) is 0 Å². The third-order valence-corrected chi connectivity index (χ3v) is 5.09. The minimum absolute atomic E-state index is 0. The van der Waals surface area contributed by atoms with Gasteiger partial charge in [-0.1, -0.05) is 19.0 Å². The zero-order chi connectivity index (χ0) is 16.7. The Morgan fingerprint density at radius 3 is 2.80 bits per heavy atom. The van der Waals surface area contributed by atoms with Gasteiger partial charge in [0, 0.05) is 53.5 Å². The summed E-state index contributed by atoms with van der Waals surface area (Å²) >= 11 is 6.21. The van der Waals surface area contributed by atoms with Crippen molar-refractivity contribution >= 4 is 22.5 Å². The first-order valence-corrected chi connectivity index (χ1v) is 8.57. The molecule has 5 heteroatoms. The molecule has 25 heavy (non-hydrogen) atoms. The Labute approximate surface area is 153 Å². The highest BCUT2D eigenvalue weighted by Gasteiger charge is 2.28. The normalized spacial score (nSPS) is 16.1. The van der Waals surface area contributed by atoms with Crippen LogP contribution < -0.4 is 5.32 Å². The highest BCUT2D eigenvalue weighted by Crippen LogP contribution is 2.33. The van der Waals surface area contributed by atoms with Crippen molar-refractivity contribution in [3.05, 3.63) is 64.6 Å². The second-order valence-corrected chi connectivity index (χ2v) is 7.05. The van der Waals surface area contributed by atoms with Crippen LogP contribution in [0.1, 0.15) is 31.2 Å². The van der Waals surface area contributed by atoms with E-state index in [1.807, 2.05) is 31.2 Å². The maximum atomic E-state index is 11.1. The average molecular weight is 358 g/mol. The molecular weight excluding hydrogens is 334 g/mol. The number of pyridine rings is 1. The zero-order valence-corrected chi connectivity index (χ0v) is 14.3. The lowest BCUT2D eigenvalue weighted by molar-refractivity contribution is 0.0386. The Balaban J connectivity index is 0.00000182. The van der Waals surface area contributed by atoms with Crippen molar-refractivity contribution in [3.63, 3.8) is 0 Å². The van der Waals surface area contributed by atoms with E-state index in [0.717, 1.165) is 35.6 Å². The number of nitrogens with zero attached hydrogens (tertiary/aromatic N) is 2. The molecule has 0 amide bonds. The summed E-state index contributed by atoms with van der Waals surface area (Å²) in [6.45, 7) is 4.16. The molecule has 2 aromatic heterocycles. The number of hydrogen-bond donors (Lipinski definition) is 2. The Morgan fingerprint density at radius 1 is 1.28 bits per heavy atom. The van der Waals surface area contributed by atoms with E-state index in [9.17, 15) is 5.11 Å². The fourth-order valence-corrected chi connectivity index (χ4v) is 3.82. The van der Waals surface area contributed by atoms with Crippen molar-refractivity contribution in [2.75, 3.05) is 6.54 Å². The molecule has 1 aliphatic heterocycles. The molecule has 0 radical (unpaired) electrons. The maximum Gasteiger partial charge on any atom is 0.105 e. The average Bonchev–Trinajstić information content (AvgIpc) is 2.89. The fraction of sp³-hybridized carbons (Fsp3) is 0.350. The second kappa shape index (κ2) is 6.79. The molecule has 3 heterocycles. The smallest absolute Gasteiger partial charge is 0.105 e. The number of fused-ring (bicyclic) bond motifs is 3. The molecular formula is C20H24ClN3O. The predicted octanol–water partition coefficient (Wildman–Crippen LogP) is 3.88. The molecule has 1 aromatic carbocycles. The SMILES string of the molecule is C.CC(O)(Cn1c2c(c3cc(Cl)ccc31)CNCC2)c1ccncc1. The van der Waals surface area contributed by atoms with Gasteiger partial charge in [0.15, 0.2) is 0 Å². The predicted molar refractivity (Wildman–Crippen MR) is 103 cm³/mol. The van der Waals surface area contributed by atoms with Crippen molar-refractivity contribution < 1.29 is 5.11 Å². The van der Waals surface area contributed by atoms with Crippen molar-refractivity contribution in [3.8, 4) is 0 Å². The van der Waals surface area contributed by atoms with Gasteiger partial charge in [0.1, 0.15) is 5.60 Å². The molecule has 0 aliphatic carbocycles. The summed E-state index contributed by atoms with van der Waals surface area (Å²) in [5, 5.41) is 16.4. The van der Waals surface area contributed by atoms with Gasteiger partial charge in [-0.15, -0.1) is 0 Å². The number of benzene rings is 1. The van der Waals surface area contributed by atoms with Gasteiger partial charge in [-0.05, 0) is 48.4 Å². The molecule has 0 fully saturated rings. The van der Waals surface area contributed by atoms with Crippen LogP contribution in [0.4, 0.5) is 0 Å². The van der Waals surface area contributed by atoms with Crippen molar-refractivity contribution in [2.45, 2.75) is 39.5 Å². The van der Waals surface area contributed by atoms with Crippen LogP contribution in [0.2, 0.25) is 5.02 Å². The van der Waals surface area contributed by atoms with E-state index in [4.69, 9.17) is 11.6 Å². The molecule has 0 saturated carbocycles. The standard InChI is InChI=1S/C19H20ClN3O.CH4/c1-19(24,13-4-7-21-8-5-13)12-23-17-3-2-14(20)10-15(17)16-11-22-9-6-18(16)23;/h2-5,7-8,10,22,24H,6,9,11-12H2,1H3;1H4. The van der Waals surface area contributed by atoms with Crippen LogP contribution in [0.25, 0.3) is 10.9 Å². The summed E-state index contributed by atoms with van der Waals surface area (Å²) in [4.78, 5) is 4.04. The van der Waals surface area contributed by atoms with Gasteiger partial charge < -0.3 is 15.0 Å². The lowest BCUT2D eigenvalue weighted by Gasteiger charge is -2.27. The first-order chi connectivity index (χ1) is 11.6. The summed E-state index contributed by atoms with van der Waals surface area (Å²) in [6, 6.07) is 9.74. The molecule has 1 atom stereocenters. The second-order valence-electron chi connectivity index (χ2n) is 6.61. The molecule has 1 unspecified atom stereocenters. The summed E-state index contributed by atoms with van der Waals surface area (Å²) < 4.78 is 2.25. The Hall–Kier alpha value is -1.88. The number of aliphatic hydroxyl groups is 1. The number of halogens is 1. The van der Waals surface area contributed by atoms with Gasteiger partial charge in [0.2, 0.25) is 0 Å². The van der Waals surface area contributed by atoms with E-state index in [2.05, 4.69) is 20.9 Å². The van der Waals surface area contributed by atoms with Crippen LogP contribution in [-0.4, -0.2) is 21.2 Å². The Kier molecular flexibility index (Phi) is 4.87. The summed E-state index contributed by atoms with van der Waals surface area (Å²) in [6.07, 6.45) is 4.39. The van der Waals surface area contributed by atoms with Crippen LogP contribution in [-0.2, 0) is 25.1 Å². The van der Waals surface area contributed by atoms with E-state index in [-0.39, 0.29) is 7.43 Å². The van der Waals surface area contributed by atoms with Gasteiger partial charge in [-0.3, -0.25) is 4.98 Å². The van der Waals surface area contributed by atoms with Crippen LogP contribution >= 0.6 is 11.6 Å². The van der Waals surface area contributed by atoms with E-state index >= 15 is 0 Å². The summed E-state index contributed by atoms with van der Waals surface area (Å²) in [5.41, 5.74) is 3.62. The quantitative estimate of drug-likeness (QED) is 0.748. The van der Waals surface area contributed by atoms with Crippen molar-refractivity contribution in [2.24, 2.45) is 0 Å². The molecule has 0 spiro atoms. The van der Waals surface area contributed by atoms with Gasteiger partial charge >= 0.3 is 0 Å². The number of rotatable bonds is 3. The number of aromatic nitrogens is 2. The first-order valence-electron chi connectivity index (χ1n) is 8.19. The third kappa shape index (κ3) is 3.17. The van der Waals surface area contributed by atoms with Crippen LogP contribution in [0.15, 0.2) is 42.7 Å². The van der Waals surface area contributed by atoms with Crippen molar-refractivity contribution in [1.82, 2.24) is 14.9 Å². The van der Waals surface area contributed by atoms with E-state index < -0.39 is 5.60 Å². The first kappa shape index (κ1) is 17.9. The highest BCUT2D eigenvalue weighted by atomic mass is 35.5. The molecule has 3 aromatic rings. The summed E-state index contributed by atoms with van der Waals surface area (Å²) in [5.74, 6) is 0. The van der Waals surface area contributed by atoms with Crippen LogP contribution in [0.3, 0.4) is 0 Å². The van der Waals surface area contributed by atoms with Crippen LogP contribution in [0, 0.1) is 0 Å². The number of nitrogens with one attached hydrogen (secondary N) is 1. The lowest BCUT2D eigenvalue weighted by atomic mass is 9.97. The zero-order valence-electron chi connectivity index (χ0n) is 13.6. The van der Waals surface area contributed by atoms with Crippen molar-refractivity contribution in [1.29, 1.82) is 0 Å². The number of hydrogen-bond acceptors (Lipinski definition) is 3. The minimum atomic E-state index is -0.965. The van der Waals surface area contributed by atoms with Gasteiger partial charge in [0.25, 0.3) is 0 Å². The Morgan fingerprint density at radius 2 is 2.04 bits per heavy atom. The molecule has 2 N–H and O–H groups in total. The fourth-order valence-electron chi connectivity index (χ4n) is 3.64. The molecule has 4 nitrogen and oxygen atoms in total. The van der Waals surface area contributed by atoms with Crippen LogP contribution in [0.5, 0.6) is 0 Å². The maximum absolute atomic E-state index is 11.1.